The van der Waals surface area contributed by atoms with Crippen molar-refractivity contribution in [1.29, 1.82) is 0 Å². The normalized spacial score (nSPS) is 19.7. The van der Waals surface area contributed by atoms with E-state index in [1.54, 1.807) is 12.1 Å². The molecule has 0 radical (unpaired) electrons. The average Bonchev–Trinajstić information content (AvgIpc) is 3.74. The number of benzene rings is 1. The van der Waals surface area contributed by atoms with Gasteiger partial charge in [0.2, 0.25) is 0 Å². The molecule has 0 aliphatic carbocycles. The minimum atomic E-state index is -3.49. The molecule has 1 aromatic carbocycles. The number of carbonyl (C=O) groups is 1. The highest BCUT2D eigenvalue weighted by atomic mass is 32.2. The van der Waals surface area contributed by atoms with E-state index < -0.39 is 15.7 Å². The predicted octanol–water partition coefficient (Wildman–Crippen LogP) is 2.45. The zero-order valence-electron chi connectivity index (χ0n) is 23.0. The molecule has 2 atom stereocenters. The maximum atomic E-state index is 13.4. The van der Waals surface area contributed by atoms with Gasteiger partial charge in [0.25, 0.3) is 5.91 Å². The van der Waals surface area contributed by atoms with E-state index in [-0.39, 0.29) is 22.5 Å². The number of amides is 1. The number of carbonyl (C=O) groups excluding carboxylic acids is 1. The molecule has 4 heterocycles. The monoisotopic (exact) mass is 602 g/mol. The molecule has 1 amide bonds. The Labute approximate surface area is 243 Å². The van der Waals surface area contributed by atoms with E-state index in [1.807, 2.05) is 19.2 Å². The molecule has 220 valence electrons. The fourth-order valence-corrected chi connectivity index (χ4v) is 6.79. The summed E-state index contributed by atoms with van der Waals surface area (Å²) in [5.74, 6) is 0.312. The Kier molecular flexibility index (Phi) is 9.45. The molecule has 0 spiro atoms. The molecule has 2 aliphatic rings. The summed E-state index contributed by atoms with van der Waals surface area (Å²) in [6, 6.07) is 10.3. The van der Waals surface area contributed by atoms with Gasteiger partial charge in [-0.1, -0.05) is 28.6 Å². The number of fused-ring (bicyclic) bond motifs is 1. The number of nitrogens with zero attached hydrogens (tertiary/aromatic N) is 4. The zero-order chi connectivity index (χ0) is 28.8. The van der Waals surface area contributed by atoms with Crippen LogP contribution >= 0.6 is 11.3 Å². The van der Waals surface area contributed by atoms with Crippen LogP contribution in [0.2, 0.25) is 0 Å². The summed E-state index contributed by atoms with van der Waals surface area (Å²) in [6.45, 7) is 3.11. The Morgan fingerprint density at radius 3 is 2.73 bits per heavy atom. The summed E-state index contributed by atoms with van der Waals surface area (Å²) in [4.78, 5) is 31.5. The number of aromatic nitrogens is 2. The molecule has 1 unspecified atom stereocenters. The Hall–Kier alpha value is -3.17. The molecule has 2 saturated heterocycles. The minimum Gasteiger partial charge on any atom is -0.389 e. The lowest BCUT2D eigenvalue weighted by Crippen LogP contribution is -2.29. The Bertz CT molecular complexity index is 1490. The lowest BCUT2D eigenvalue weighted by Gasteiger charge is -2.16. The van der Waals surface area contributed by atoms with Gasteiger partial charge in [-0.05, 0) is 44.2 Å². The van der Waals surface area contributed by atoms with Crippen LogP contribution in [-0.4, -0.2) is 95.0 Å². The number of sulfone groups is 1. The van der Waals surface area contributed by atoms with E-state index in [2.05, 4.69) is 25.7 Å². The molecule has 2 aromatic heterocycles. The fourth-order valence-electron chi connectivity index (χ4n) is 4.68. The fraction of sp³-hybridized carbons (Fsp3) is 0.481. The number of oxime groups is 1. The van der Waals surface area contributed by atoms with Gasteiger partial charge in [0.1, 0.15) is 16.2 Å². The highest BCUT2D eigenvalue weighted by Gasteiger charge is 2.24. The van der Waals surface area contributed by atoms with E-state index in [0.717, 1.165) is 25.3 Å². The maximum absolute atomic E-state index is 13.4. The van der Waals surface area contributed by atoms with Gasteiger partial charge in [0.15, 0.2) is 26.8 Å². The number of hydrogen-bond acceptors (Lipinski definition) is 12. The SMILES string of the molecule is CNC1CCN(c2ccc3nc(NC(=O)/C(=N/O[C@@H]4CCOC4)c4ccc(S(=O)(=O)CCCOC)cc4)sc3n2)C1. The molecule has 5 rings (SSSR count). The summed E-state index contributed by atoms with van der Waals surface area (Å²) < 4.78 is 35.6. The summed E-state index contributed by atoms with van der Waals surface area (Å²) in [5.41, 5.74) is 1.09. The topological polar surface area (TPSA) is 144 Å². The Morgan fingerprint density at radius 1 is 1.20 bits per heavy atom. The first-order chi connectivity index (χ1) is 19.9. The number of ether oxygens (including phenoxy) is 2. The van der Waals surface area contributed by atoms with Gasteiger partial charge >= 0.3 is 0 Å². The van der Waals surface area contributed by atoms with Crippen molar-refractivity contribution in [2.75, 3.05) is 63.0 Å². The molecule has 2 fully saturated rings. The Balaban J connectivity index is 1.34. The molecule has 2 aliphatic heterocycles. The van der Waals surface area contributed by atoms with Crippen LogP contribution in [0.4, 0.5) is 10.9 Å². The lowest BCUT2D eigenvalue weighted by atomic mass is 10.1. The van der Waals surface area contributed by atoms with Crippen LogP contribution in [0.1, 0.15) is 24.8 Å². The molecule has 2 N–H and O–H groups in total. The van der Waals surface area contributed by atoms with Crippen LogP contribution in [0, 0.1) is 0 Å². The third-order valence-electron chi connectivity index (χ3n) is 7.03. The molecular formula is C27H34N6O6S2. The van der Waals surface area contributed by atoms with Gasteiger partial charge in [-0.15, -0.1) is 0 Å². The van der Waals surface area contributed by atoms with Gasteiger partial charge in [0, 0.05) is 44.8 Å². The molecule has 3 aromatic rings. The number of rotatable bonds is 12. The van der Waals surface area contributed by atoms with Crippen molar-refractivity contribution in [2.45, 2.75) is 36.3 Å². The van der Waals surface area contributed by atoms with Crippen LogP contribution in [0.15, 0.2) is 46.4 Å². The van der Waals surface area contributed by atoms with Crippen LogP contribution in [0.5, 0.6) is 0 Å². The molecule has 0 bridgehead atoms. The number of nitrogens with one attached hydrogen (secondary N) is 2. The van der Waals surface area contributed by atoms with Gasteiger partial charge in [0.05, 0.1) is 23.9 Å². The second-order valence-electron chi connectivity index (χ2n) is 9.91. The van der Waals surface area contributed by atoms with E-state index in [9.17, 15) is 13.2 Å². The van der Waals surface area contributed by atoms with Crippen molar-refractivity contribution >= 4 is 54.1 Å². The van der Waals surface area contributed by atoms with Crippen LogP contribution < -0.4 is 15.5 Å². The summed E-state index contributed by atoms with van der Waals surface area (Å²) in [5, 5.41) is 10.7. The smallest absolute Gasteiger partial charge is 0.280 e. The second-order valence-corrected chi connectivity index (χ2v) is 13.0. The number of hydrogen-bond donors (Lipinski definition) is 2. The standard InChI is InChI=1S/C27H34N6O6S2/c1-28-19-10-12-33(16-19)23-9-8-22-26(30-23)40-27(29-22)31-25(34)24(32-39-20-11-14-38-17-20)18-4-6-21(7-5-18)41(35,36)15-3-13-37-2/h4-9,19-20,28H,3,10-17H2,1-2H3,(H,29,31,34)/b32-24+/t19?,20-/m1/s1. The van der Waals surface area contributed by atoms with E-state index in [4.69, 9.17) is 19.3 Å². The number of likely N-dealkylation sites (N-methyl/N-ethyl adjacent to an activating group) is 1. The molecular weight excluding hydrogens is 568 g/mol. The largest absolute Gasteiger partial charge is 0.389 e. The molecule has 12 nitrogen and oxygen atoms in total. The van der Waals surface area contributed by atoms with Crippen molar-refractivity contribution in [1.82, 2.24) is 15.3 Å². The van der Waals surface area contributed by atoms with Gasteiger partial charge < -0.3 is 24.5 Å². The van der Waals surface area contributed by atoms with Crippen molar-refractivity contribution in [3.05, 3.63) is 42.0 Å². The Morgan fingerprint density at radius 2 is 2.02 bits per heavy atom. The van der Waals surface area contributed by atoms with Crippen molar-refractivity contribution < 1.29 is 27.5 Å². The summed E-state index contributed by atoms with van der Waals surface area (Å²) in [6.07, 6.45) is 1.84. The minimum absolute atomic E-state index is 0.00306. The van der Waals surface area contributed by atoms with E-state index in [0.29, 0.717) is 59.7 Å². The number of thiazole rings is 1. The van der Waals surface area contributed by atoms with Crippen molar-refractivity contribution in [3.8, 4) is 0 Å². The lowest BCUT2D eigenvalue weighted by molar-refractivity contribution is -0.110. The van der Waals surface area contributed by atoms with Gasteiger partial charge in [-0.2, -0.15) is 0 Å². The maximum Gasteiger partial charge on any atom is 0.280 e. The highest BCUT2D eigenvalue weighted by Crippen LogP contribution is 2.28. The van der Waals surface area contributed by atoms with Gasteiger partial charge in [-0.25, -0.2) is 18.4 Å². The quantitative estimate of drug-likeness (QED) is 0.180. The third kappa shape index (κ3) is 7.19. The highest BCUT2D eigenvalue weighted by molar-refractivity contribution is 7.91. The second kappa shape index (κ2) is 13.2. The van der Waals surface area contributed by atoms with Crippen LogP contribution in [-0.2, 0) is 28.9 Å². The first-order valence-electron chi connectivity index (χ1n) is 13.5. The number of pyridine rings is 1. The first kappa shape index (κ1) is 29.3. The number of methoxy groups -OCH3 is 1. The van der Waals surface area contributed by atoms with E-state index in [1.165, 1.54) is 30.6 Å². The summed E-state index contributed by atoms with van der Waals surface area (Å²) in [7, 11) is 0.00804. The van der Waals surface area contributed by atoms with Gasteiger partial charge in [-0.3, -0.25) is 10.1 Å². The average molecular weight is 603 g/mol. The third-order valence-corrected chi connectivity index (χ3v) is 9.72. The predicted molar refractivity (Wildman–Crippen MR) is 158 cm³/mol. The zero-order valence-corrected chi connectivity index (χ0v) is 24.7. The summed E-state index contributed by atoms with van der Waals surface area (Å²) >= 11 is 1.27. The first-order valence-corrected chi connectivity index (χ1v) is 16.0. The van der Waals surface area contributed by atoms with Crippen molar-refractivity contribution in [2.24, 2.45) is 5.16 Å². The van der Waals surface area contributed by atoms with Crippen LogP contribution in [0.25, 0.3) is 10.3 Å². The van der Waals surface area contributed by atoms with Crippen molar-refractivity contribution in [3.63, 3.8) is 0 Å². The molecule has 41 heavy (non-hydrogen) atoms. The van der Waals surface area contributed by atoms with E-state index >= 15 is 0 Å². The molecule has 14 heteroatoms. The molecule has 0 saturated carbocycles. The van der Waals surface area contributed by atoms with Crippen LogP contribution in [0.3, 0.4) is 0 Å². The number of anilines is 2.